The first-order valence-electron chi connectivity index (χ1n) is 10.5. The smallest absolute Gasteiger partial charge is 0.218 e. The lowest BCUT2D eigenvalue weighted by Crippen LogP contribution is -2.53. The fourth-order valence-electron chi connectivity index (χ4n) is 3.78. The Balaban J connectivity index is 2.83. The Labute approximate surface area is 207 Å². The summed E-state index contributed by atoms with van der Waals surface area (Å²) in [4.78, 5) is 0. The molecule has 0 bridgehead atoms. The highest BCUT2D eigenvalue weighted by Crippen LogP contribution is 2.56. The molecule has 15 heteroatoms. The lowest BCUT2D eigenvalue weighted by Gasteiger charge is -2.34. The van der Waals surface area contributed by atoms with E-state index in [1.165, 1.54) is 31.2 Å². The zero-order valence-corrected chi connectivity index (χ0v) is 19.3. The predicted molar refractivity (Wildman–Crippen MR) is 113 cm³/mol. The Kier molecular flexibility index (Phi) is 8.37. The molecule has 1 atom stereocenters. The van der Waals surface area contributed by atoms with Crippen LogP contribution in [0.3, 0.4) is 0 Å². The van der Waals surface area contributed by atoms with E-state index in [9.17, 15) is 61.5 Å². The molecule has 0 aliphatic rings. The highest BCUT2D eigenvalue weighted by atomic mass is 19.4. The van der Waals surface area contributed by atoms with Crippen LogP contribution in [0.5, 0.6) is 0 Å². The van der Waals surface area contributed by atoms with Crippen molar-refractivity contribution in [2.24, 2.45) is 0 Å². The standard InChI is InChI=1S/C23H17BF14/c1-3-4-13-5-7-14(8-6-13)12(2)24-17-10-15(18(25,20(27,28)29)21(30,31)32)9-16(11-17)19(26,22(33,34)35)23(36,37)38/h3-12,24H,1-2H3/b4-3+. The predicted octanol–water partition coefficient (Wildman–Crippen LogP) is 8.12. The van der Waals surface area contributed by atoms with Gasteiger partial charge in [0.05, 0.1) is 0 Å². The topological polar surface area (TPSA) is 0 Å². The van der Waals surface area contributed by atoms with Gasteiger partial charge in [-0.2, -0.15) is 52.7 Å². The fourth-order valence-corrected chi connectivity index (χ4v) is 3.78. The lowest BCUT2D eigenvalue weighted by atomic mass is 9.56. The zero-order chi connectivity index (χ0) is 29.5. The van der Waals surface area contributed by atoms with E-state index >= 15 is 0 Å². The first kappa shape index (κ1) is 31.5. The molecule has 0 amide bonds. The largest absolute Gasteiger partial charge is 0.435 e. The van der Waals surface area contributed by atoms with Crippen LogP contribution in [-0.2, 0) is 11.3 Å². The number of hydrogen-bond donors (Lipinski definition) is 0. The maximum absolute atomic E-state index is 14.7. The van der Waals surface area contributed by atoms with E-state index < -0.39 is 71.8 Å². The minimum atomic E-state index is -6.87. The molecule has 2 aromatic carbocycles. The van der Waals surface area contributed by atoms with Gasteiger partial charge in [0, 0.05) is 11.1 Å². The van der Waals surface area contributed by atoms with Crippen LogP contribution in [0.4, 0.5) is 61.5 Å². The van der Waals surface area contributed by atoms with Crippen LogP contribution in [0, 0.1) is 0 Å². The van der Waals surface area contributed by atoms with Crippen LogP contribution in [0.25, 0.3) is 6.08 Å². The molecule has 0 nitrogen and oxygen atoms in total. The summed E-state index contributed by atoms with van der Waals surface area (Å²) in [6.45, 7) is 3.00. The number of halogens is 14. The SMILES string of the molecule is C/C=C/c1ccc(C(C)Bc2cc(C(F)(C(F)(F)F)C(F)(F)F)cc(C(F)(C(F)(F)F)C(F)(F)F)c2)cc1. The van der Waals surface area contributed by atoms with Crippen molar-refractivity contribution < 1.29 is 61.5 Å². The molecule has 0 heterocycles. The van der Waals surface area contributed by atoms with E-state index in [-0.39, 0.29) is 12.1 Å². The number of allylic oxidation sites excluding steroid dienone is 1. The molecule has 0 aromatic heterocycles. The second-order valence-electron chi connectivity index (χ2n) is 8.50. The number of rotatable bonds is 6. The van der Waals surface area contributed by atoms with Crippen molar-refractivity contribution >= 4 is 18.8 Å². The summed E-state index contributed by atoms with van der Waals surface area (Å²) in [7, 11) is -0.763. The maximum Gasteiger partial charge on any atom is 0.435 e. The van der Waals surface area contributed by atoms with Crippen molar-refractivity contribution in [3.63, 3.8) is 0 Å². The van der Waals surface area contributed by atoms with Crippen molar-refractivity contribution in [3.05, 3.63) is 70.8 Å². The molecule has 0 spiro atoms. The van der Waals surface area contributed by atoms with Gasteiger partial charge in [0.25, 0.3) is 0 Å². The van der Waals surface area contributed by atoms with E-state index in [4.69, 9.17) is 0 Å². The summed E-state index contributed by atoms with van der Waals surface area (Å²) in [5, 5.41) is 0. The van der Waals surface area contributed by atoms with Crippen LogP contribution in [-0.4, -0.2) is 32.0 Å². The van der Waals surface area contributed by atoms with E-state index in [2.05, 4.69) is 0 Å². The van der Waals surface area contributed by atoms with Crippen molar-refractivity contribution in [2.45, 2.75) is 55.7 Å². The molecule has 0 saturated heterocycles. The van der Waals surface area contributed by atoms with Crippen molar-refractivity contribution in [1.82, 2.24) is 0 Å². The third-order valence-electron chi connectivity index (χ3n) is 5.76. The summed E-state index contributed by atoms with van der Waals surface area (Å²) in [6.07, 6.45) is -24.2. The van der Waals surface area contributed by atoms with Crippen LogP contribution >= 0.6 is 0 Å². The number of alkyl halides is 14. The third kappa shape index (κ3) is 5.65. The summed E-state index contributed by atoms with van der Waals surface area (Å²) >= 11 is 0. The summed E-state index contributed by atoms with van der Waals surface area (Å²) < 4.78 is 189. The molecule has 0 saturated carbocycles. The van der Waals surface area contributed by atoms with Gasteiger partial charge in [0.15, 0.2) is 7.28 Å². The minimum Gasteiger partial charge on any atom is -0.218 e. The summed E-state index contributed by atoms with van der Waals surface area (Å²) in [6, 6.07) is 4.59. The van der Waals surface area contributed by atoms with Crippen molar-refractivity contribution in [3.8, 4) is 0 Å². The van der Waals surface area contributed by atoms with Gasteiger partial charge in [0.2, 0.25) is 0 Å². The molecular formula is C23H17BF14. The van der Waals surface area contributed by atoms with Gasteiger partial charge >= 0.3 is 36.0 Å². The van der Waals surface area contributed by atoms with Crippen LogP contribution in [0.1, 0.15) is 41.9 Å². The first-order chi connectivity index (χ1) is 17.0. The Morgan fingerprint density at radius 2 is 0.974 bits per heavy atom. The second-order valence-corrected chi connectivity index (χ2v) is 8.50. The molecular weight excluding hydrogens is 553 g/mol. The normalized spacial score (nSPS) is 15.2. The zero-order valence-electron chi connectivity index (χ0n) is 19.3. The summed E-state index contributed by atoms with van der Waals surface area (Å²) in [5.74, 6) is -0.922. The molecule has 0 aliphatic heterocycles. The minimum absolute atomic E-state index is 0.164. The van der Waals surface area contributed by atoms with Gasteiger partial charge in [-0.05, 0) is 24.4 Å². The molecule has 2 rings (SSSR count). The molecule has 38 heavy (non-hydrogen) atoms. The van der Waals surface area contributed by atoms with E-state index in [1.54, 1.807) is 19.1 Å². The second kappa shape index (κ2) is 10.1. The average Bonchev–Trinajstić information content (AvgIpc) is 2.75. The average molecular weight is 570 g/mol. The fraction of sp³-hybridized carbons (Fsp3) is 0.391. The number of benzene rings is 2. The molecule has 0 aliphatic carbocycles. The van der Waals surface area contributed by atoms with E-state index in [0.29, 0.717) is 11.1 Å². The van der Waals surface area contributed by atoms with E-state index in [1.807, 2.05) is 0 Å². The van der Waals surface area contributed by atoms with Gasteiger partial charge in [-0.15, -0.1) is 0 Å². The van der Waals surface area contributed by atoms with Gasteiger partial charge < -0.3 is 0 Å². The first-order valence-corrected chi connectivity index (χ1v) is 10.5. The van der Waals surface area contributed by atoms with Crippen LogP contribution in [0.2, 0.25) is 0 Å². The van der Waals surface area contributed by atoms with Crippen LogP contribution < -0.4 is 5.46 Å². The maximum atomic E-state index is 14.7. The van der Waals surface area contributed by atoms with Crippen molar-refractivity contribution in [2.75, 3.05) is 0 Å². The monoisotopic (exact) mass is 570 g/mol. The Hall–Kier alpha value is -2.74. The Bertz CT molecular complexity index is 1050. The molecule has 1 unspecified atom stereocenters. The lowest BCUT2D eigenvalue weighted by molar-refractivity contribution is -0.350. The molecule has 0 radical (unpaired) electrons. The van der Waals surface area contributed by atoms with Crippen LogP contribution in [0.15, 0.2) is 48.5 Å². The highest BCUT2D eigenvalue weighted by molar-refractivity contribution is 6.55. The Morgan fingerprint density at radius 1 is 0.605 bits per heavy atom. The van der Waals surface area contributed by atoms with Gasteiger partial charge in [0.1, 0.15) is 0 Å². The Morgan fingerprint density at radius 3 is 1.29 bits per heavy atom. The third-order valence-corrected chi connectivity index (χ3v) is 5.76. The molecule has 2 aromatic rings. The molecule has 0 N–H and O–H groups in total. The van der Waals surface area contributed by atoms with Crippen molar-refractivity contribution in [1.29, 1.82) is 0 Å². The number of hydrogen-bond acceptors (Lipinski definition) is 0. The highest BCUT2D eigenvalue weighted by Gasteiger charge is 2.76. The quantitative estimate of drug-likeness (QED) is 0.243. The van der Waals surface area contributed by atoms with E-state index in [0.717, 1.165) is 0 Å². The van der Waals surface area contributed by atoms with Gasteiger partial charge in [-0.1, -0.05) is 66.5 Å². The van der Waals surface area contributed by atoms with Gasteiger partial charge in [-0.25, -0.2) is 8.78 Å². The van der Waals surface area contributed by atoms with Gasteiger partial charge in [-0.3, -0.25) is 0 Å². The molecule has 0 fully saturated rings. The summed E-state index contributed by atoms with van der Waals surface area (Å²) in [5.41, 5.74) is -18.2. The molecule has 210 valence electrons.